The van der Waals surface area contributed by atoms with E-state index < -0.39 is 15.7 Å². The molecule has 1 unspecified atom stereocenters. The first-order valence-corrected chi connectivity index (χ1v) is 12.7. The van der Waals surface area contributed by atoms with Crippen molar-refractivity contribution in [1.82, 2.24) is 0 Å². The van der Waals surface area contributed by atoms with E-state index in [0.29, 0.717) is 11.4 Å². The topological polar surface area (TPSA) is 92.3 Å². The molecule has 0 bridgehead atoms. The van der Waals surface area contributed by atoms with Gasteiger partial charge in [0.1, 0.15) is 0 Å². The van der Waals surface area contributed by atoms with Gasteiger partial charge in [-0.1, -0.05) is 35.9 Å². The average molecular weight is 489 g/mol. The lowest BCUT2D eigenvalue weighted by Crippen LogP contribution is -2.22. The van der Waals surface area contributed by atoms with Gasteiger partial charge in [-0.05, 0) is 55.5 Å². The molecule has 3 aromatic carbocycles. The average Bonchev–Trinajstić information content (AvgIpc) is 2.75. The van der Waals surface area contributed by atoms with Crippen LogP contribution < -0.4 is 10.6 Å². The van der Waals surface area contributed by atoms with Crippen LogP contribution in [0.15, 0.2) is 82.6 Å². The minimum atomic E-state index is -3.43. The van der Waals surface area contributed by atoms with Gasteiger partial charge in [-0.25, -0.2) is 8.42 Å². The molecule has 166 valence electrons. The third-order valence-electron chi connectivity index (χ3n) is 4.43. The number of carbonyl (C=O) groups is 2. The highest BCUT2D eigenvalue weighted by Gasteiger charge is 2.16. The van der Waals surface area contributed by atoms with Crippen molar-refractivity contribution in [2.75, 3.05) is 16.9 Å². The van der Waals surface area contributed by atoms with E-state index in [2.05, 4.69) is 10.6 Å². The zero-order valence-corrected chi connectivity index (χ0v) is 19.7. The highest BCUT2D eigenvalue weighted by atomic mass is 35.5. The van der Waals surface area contributed by atoms with E-state index >= 15 is 0 Å². The van der Waals surface area contributed by atoms with Crippen LogP contribution in [0.5, 0.6) is 0 Å². The molecule has 9 heteroatoms. The summed E-state index contributed by atoms with van der Waals surface area (Å²) in [4.78, 5) is 26.1. The van der Waals surface area contributed by atoms with Crippen LogP contribution in [0.3, 0.4) is 0 Å². The third-order valence-corrected chi connectivity index (χ3v) is 6.97. The lowest BCUT2D eigenvalue weighted by molar-refractivity contribution is -0.115. The Morgan fingerprint density at radius 2 is 1.66 bits per heavy atom. The van der Waals surface area contributed by atoms with Gasteiger partial charge in [-0.2, -0.15) is 0 Å². The Balaban J connectivity index is 1.66. The molecule has 3 rings (SSSR count). The molecule has 0 aliphatic carbocycles. The van der Waals surface area contributed by atoms with Gasteiger partial charge in [-0.3, -0.25) is 9.59 Å². The van der Waals surface area contributed by atoms with Crippen molar-refractivity contribution in [3.8, 4) is 0 Å². The number of benzene rings is 3. The predicted octanol–water partition coefficient (Wildman–Crippen LogP) is 5.12. The molecule has 0 heterocycles. The van der Waals surface area contributed by atoms with Gasteiger partial charge in [-0.15, -0.1) is 11.8 Å². The van der Waals surface area contributed by atoms with E-state index in [-0.39, 0.29) is 26.6 Å². The summed E-state index contributed by atoms with van der Waals surface area (Å²) in [6, 6.07) is 20.1. The van der Waals surface area contributed by atoms with E-state index in [9.17, 15) is 18.0 Å². The highest BCUT2D eigenvalue weighted by molar-refractivity contribution is 8.00. The van der Waals surface area contributed by atoms with Gasteiger partial charge < -0.3 is 10.6 Å². The molecule has 3 aromatic rings. The zero-order valence-electron chi connectivity index (χ0n) is 17.3. The van der Waals surface area contributed by atoms with Crippen LogP contribution in [-0.4, -0.2) is 31.7 Å². The number of amides is 2. The summed E-state index contributed by atoms with van der Waals surface area (Å²) >= 11 is 7.73. The minimum absolute atomic E-state index is 0.0526. The Kier molecular flexibility index (Phi) is 7.60. The molecule has 0 saturated carbocycles. The number of nitrogens with one attached hydrogen (secondary N) is 2. The molecule has 0 radical (unpaired) electrons. The second-order valence-corrected chi connectivity index (χ2v) is 10.8. The SMILES string of the molecule is CC(Sc1ccccc1)C(=O)Nc1ccc(NC(=O)c2cccc(S(C)(=O)=O)c2)c(Cl)c1. The Bertz CT molecular complexity index is 1250. The van der Waals surface area contributed by atoms with Crippen LogP contribution in [0.1, 0.15) is 17.3 Å². The summed E-state index contributed by atoms with van der Waals surface area (Å²) in [7, 11) is -3.43. The standard InChI is InChI=1S/C23H21ClN2O4S2/c1-15(31-18-8-4-3-5-9-18)22(27)25-17-11-12-21(20(24)14-17)26-23(28)16-7-6-10-19(13-16)32(2,29)30/h3-15H,1-2H3,(H,25,27)(H,26,28). The van der Waals surface area contributed by atoms with E-state index in [0.717, 1.165) is 11.2 Å². The van der Waals surface area contributed by atoms with Crippen LogP contribution in [0.2, 0.25) is 5.02 Å². The van der Waals surface area contributed by atoms with Gasteiger partial charge in [0.25, 0.3) is 5.91 Å². The molecule has 6 nitrogen and oxygen atoms in total. The summed E-state index contributed by atoms with van der Waals surface area (Å²) in [6.07, 6.45) is 1.08. The number of sulfone groups is 1. The van der Waals surface area contributed by atoms with Crippen molar-refractivity contribution in [2.45, 2.75) is 22.0 Å². The molecule has 0 saturated heterocycles. The van der Waals surface area contributed by atoms with E-state index in [1.165, 1.54) is 36.0 Å². The maximum atomic E-state index is 12.5. The van der Waals surface area contributed by atoms with Gasteiger partial charge in [0.05, 0.1) is 20.9 Å². The third kappa shape index (κ3) is 6.35. The smallest absolute Gasteiger partial charge is 0.255 e. The lowest BCUT2D eigenvalue weighted by Gasteiger charge is -2.13. The van der Waals surface area contributed by atoms with Crippen LogP contribution in [0.4, 0.5) is 11.4 Å². The molecule has 0 aliphatic heterocycles. The molecule has 0 aliphatic rings. The van der Waals surface area contributed by atoms with Crippen LogP contribution in [0, 0.1) is 0 Å². The number of hydrogen-bond donors (Lipinski definition) is 2. The van der Waals surface area contributed by atoms with Gasteiger partial charge in [0.15, 0.2) is 9.84 Å². The normalized spacial score (nSPS) is 12.1. The van der Waals surface area contributed by atoms with Gasteiger partial charge >= 0.3 is 0 Å². The first kappa shape index (κ1) is 23.8. The molecule has 0 aromatic heterocycles. The Morgan fingerprint density at radius 1 is 0.938 bits per heavy atom. The maximum Gasteiger partial charge on any atom is 0.255 e. The number of halogens is 1. The predicted molar refractivity (Wildman–Crippen MR) is 129 cm³/mol. The number of carbonyl (C=O) groups excluding carboxylic acids is 2. The molecule has 1 atom stereocenters. The number of thioether (sulfide) groups is 1. The quantitative estimate of drug-likeness (QED) is 0.450. The second-order valence-electron chi connectivity index (χ2n) is 7.01. The number of anilines is 2. The van der Waals surface area contributed by atoms with Crippen molar-refractivity contribution in [3.05, 3.63) is 83.4 Å². The molecule has 2 amide bonds. The van der Waals surface area contributed by atoms with E-state index in [4.69, 9.17) is 11.6 Å². The fourth-order valence-corrected chi connectivity index (χ4v) is 4.54. The molecule has 0 fully saturated rings. The number of hydrogen-bond acceptors (Lipinski definition) is 5. The van der Waals surface area contributed by atoms with Crippen LogP contribution in [0.25, 0.3) is 0 Å². The molecule has 2 N–H and O–H groups in total. The maximum absolute atomic E-state index is 12.5. The molecular formula is C23H21ClN2O4S2. The molecule has 32 heavy (non-hydrogen) atoms. The van der Waals surface area contributed by atoms with E-state index in [1.54, 1.807) is 18.2 Å². The van der Waals surface area contributed by atoms with Crippen molar-refractivity contribution in [2.24, 2.45) is 0 Å². The summed E-state index contributed by atoms with van der Waals surface area (Å²) in [5.41, 5.74) is 1.02. The fraction of sp³-hybridized carbons (Fsp3) is 0.130. The molecule has 0 spiro atoms. The monoisotopic (exact) mass is 488 g/mol. The zero-order chi connectivity index (χ0) is 23.3. The van der Waals surface area contributed by atoms with Crippen molar-refractivity contribution in [3.63, 3.8) is 0 Å². The van der Waals surface area contributed by atoms with Crippen molar-refractivity contribution < 1.29 is 18.0 Å². The second kappa shape index (κ2) is 10.2. The molecular weight excluding hydrogens is 468 g/mol. The summed E-state index contributed by atoms with van der Waals surface area (Å²) in [6.45, 7) is 1.81. The minimum Gasteiger partial charge on any atom is -0.325 e. The fourth-order valence-electron chi connectivity index (χ4n) is 2.76. The van der Waals surface area contributed by atoms with Crippen molar-refractivity contribution in [1.29, 1.82) is 0 Å². The summed E-state index contributed by atoms with van der Waals surface area (Å²) in [5.74, 6) is -0.675. The number of rotatable bonds is 7. The lowest BCUT2D eigenvalue weighted by atomic mass is 10.2. The Morgan fingerprint density at radius 3 is 2.31 bits per heavy atom. The van der Waals surface area contributed by atoms with Crippen LogP contribution in [-0.2, 0) is 14.6 Å². The Hall–Kier alpha value is -2.81. The first-order valence-electron chi connectivity index (χ1n) is 9.57. The van der Waals surface area contributed by atoms with E-state index in [1.807, 2.05) is 37.3 Å². The summed E-state index contributed by atoms with van der Waals surface area (Å²) < 4.78 is 23.4. The van der Waals surface area contributed by atoms with Crippen LogP contribution >= 0.6 is 23.4 Å². The van der Waals surface area contributed by atoms with Crippen molar-refractivity contribution >= 4 is 56.4 Å². The largest absolute Gasteiger partial charge is 0.325 e. The van der Waals surface area contributed by atoms with Gasteiger partial charge in [0.2, 0.25) is 5.91 Å². The Labute approximate surface area is 196 Å². The summed E-state index contributed by atoms with van der Waals surface area (Å²) in [5, 5.41) is 5.39. The highest BCUT2D eigenvalue weighted by Crippen LogP contribution is 2.28. The van der Waals surface area contributed by atoms with Gasteiger partial charge in [0, 0.05) is 22.4 Å². The first-order chi connectivity index (χ1) is 15.1.